The highest BCUT2D eigenvalue weighted by Gasteiger charge is 2.08. The number of hydrogen-bond donors (Lipinski definition) is 0. The van der Waals surface area contributed by atoms with Gasteiger partial charge in [0.2, 0.25) is 0 Å². The van der Waals surface area contributed by atoms with Crippen LogP contribution in [0.4, 0.5) is 0 Å². The molecular weight excluding hydrogens is 360 g/mol. The van der Waals surface area contributed by atoms with Gasteiger partial charge in [0.25, 0.3) is 0 Å². The summed E-state index contributed by atoms with van der Waals surface area (Å²) in [6.07, 6.45) is 0. The van der Waals surface area contributed by atoms with E-state index in [0.717, 1.165) is 41.6 Å². The zero-order chi connectivity index (χ0) is 14.7. The van der Waals surface area contributed by atoms with Crippen molar-refractivity contribution in [2.45, 2.75) is 34.0 Å². The molecule has 9 heteroatoms. The topological polar surface area (TPSA) is 51.6 Å². The van der Waals surface area contributed by atoms with Crippen molar-refractivity contribution in [2.24, 2.45) is 0 Å². The van der Waals surface area contributed by atoms with Crippen LogP contribution in [0.2, 0.25) is 0 Å². The van der Waals surface area contributed by atoms with E-state index in [1.807, 2.05) is 13.8 Å². The van der Waals surface area contributed by atoms with E-state index in [0.29, 0.717) is 0 Å². The van der Waals surface area contributed by atoms with Crippen molar-refractivity contribution >= 4 is 57.5 Å². The zero-order valence-electron chi connectivity index (χ0n) is 11.4. The molecule has 0 N–H and O–H groups in total. The van der Waals surface area contributed by atoms with Crippen molar-refractivity contribution in [1.29, 1.82) is 0 Å². The smallest absolute Gasteiger partial charge is 0.175 e. The van der Waals surface area contributed by atoms with E-state index in [1.165, 1.54) is 0 Å². The lowest BCUT2D eigenvalue weighted by atomic mass is 10.6. The molecule has 0 aliphatic carbocycles. The molecule has 0 bridgehead atoms. The molecule has 0 aliphatic rings. The Kier molecular flexibility index (Phi) is 5.28. The van der Waals surface area contributed by atoms with Crippen LogP contribution in [0.1, 0.15) is 21.4 Å². The van der Waals surface area contributed by atoms with E-state index >= 15 is 0 Å². The van der Waals surface area contributed by atoms with Crippen molar-refractivity contribution in [2.75, 3.05) is 0 Å². The third kappa shape index (κ3) is 4.49. The first-order chi connectivity index (χ1) is 10.2. The number of nitrogens with zero attached hydrogens (tertiary/aromatic N) is 4. The van der Waals surface area contributed by atoms with Crippen LogP contribution in [-0.2, 0) is 11.5 Å². The molecule has 3 heterocycles. The van der Waals surface area contributed by atoms with Crippen molar-refractivity contribution in [3.8, 4) is 0 Å². The van der Waals surface area contributed by atoms with Gasteiger partial charge >= 0.3 is 0 Å². The summed E-state index contributed by atoms with van der Waals surface area (Å²) in [4.78, 5) is 8.91. The fraction of sp³-hybridized carbons (Fsp3) is 0.333. The van der Waals surface area contributed by atoms with Gasteiger partial charge in [-0.1, -0.05) is 34.9 Å². The summed E-state index contributed by atoms with van der Waals surface area (Å²) in [6.45, 7) is 4.05. The van der Waals surface area contributed by atoms with Gasteiger partial charge in [-0.05, 0) is 13.8 Å². The molecule has 21 heavy (non-hydrogen) atoms. The number of aryl methyl sites for hydroxylation is 2. The average Bonchev–Trinajstić information content (AvgIpc) is 3.16. The van der Waals surface area contributed by atoms with Gasteiger partial charge in [-0.2, -0.15) is 0 Å². The lowest BCUT2D eigenvalue weighted by Crippen LogP contribution is -1.80. The number of rotatable bonds is 6. The molecule has 0 radical (unpaired) electrons. The Labute approximate surface area is 143 Å². The van der Waals surface area contributed by atoms with E-state index in [9.17, 15) is 0 Å². The molecule has 3 aromatic rings. The van der Waals surface area contributed by atoms with Gasteiger partial charge in [0, 0.05) is 22.3 Å². The summed E-state index contributed by atoms with van der Waals surface area (Å²) >= 11 is 8.40. The van der Waals surface area contributed by atoms with Gasteiger partial charge in [-0.25, -0.2) is 9.97 Å². The van der Waals surface area contributed by atoms with Gasteiger partial charge in [0.1, 0.15) is 0 Å². The highest BCUT2D eigenvalue weighted by Crippen LogP contribution is 2.32. The third-order valence-electron chi connectivity index (χ3n) is 2.41. The first-order valence-electron chi connectivity index (χ1n) is 6.10. The molecule has 110 valence electrons. The summed E-state index contributed by atoms with van der Waals surface area (Å²) in [6, 6.07) is 0. The van der Waals surface area contributed by atoms with Crippen LogP contribution >= 0.6 is 57.5 Å². The second-order valence-corrected chi connectivity index (χ2v) is 9.67. The van der Waals surface area contributed by atoms with E-state index < -0.39 is 0 Å². The molecule has 4 nitrogen and oxygen atoms in total. The average molecular weight is 373 g/mol. The fourth-order valence-corrected chi connectivity index (χ4v) is 5.78. The normalized spacial score (nSPS) is 11.1. The van der Waals surface area contributed by atoms with Gasteiger partial charge in [0.15, 0.2) is 8.68 Å². The molecule has 0 atom stereocenters. The number of hydrogen-bond acceptors (Lipinski definition) is 9. The summed E-state index contributed by atoms with van der Waals surface area (Å²) in [5.74, 6) is 1.71. The standard InChI is InChI=1S/C12H12N4S5/c1-7-13-9(3-17-7)5-19-11-15-16-12(21-11)20-6-10-4-18-8(2)14-10/h3-4H,5-6H2,1-2H3. The molecule has 0 aromatic carbocycles. The fourth-order valence-electron chi connectivity index (χ4n) is 1.53. The Morgan fingerprint density at radius 2 is 1.33 bits per heavy atom. The monoisotopic (exact) mass is 372 g/mol. The van der Waals surface area contributed by atoms with E-state index in [1.54, 1.807) is 57.5 Å². The van der Waals surface area contributed by atoms with Gasteiger partial charge in [0.05, 0.1) is 21.4 Å². The maximum Gasteiger partial charge on any atom is 0.175 e. The number of thiazole rings is 2. The minimum Gasteiger partial charge on any atom is -0.246 e. The van der Waals surface area contributed by atoms with Crippen molar-refractivity contribution in [3.05, 3.63) is 32.2 Å². The number of thioether (sulfide) groups is 2. The van der Waals surface area contributed by atoms with Crippen molar-refractivity contribution < 1.29 is 0 Å². The first-order valence-corrected chi connectivity index (χ1v) is 10.6. The largest absolute Gasteiger partial charge is 0.246 e. The highest BCUT2D eigenvalue weighted by molar-refractivity contribution is 8.02. The lowest BCUT2D eigenvalue weighted by molar-refractivity contribution is 0.953. The first kappa shape index (κ1) is 15.4. The van der Waals surface area contributed by atoms with Crippen molar-refractivity contribution in [1.82, 2.24) is 20.2 Å². The summed E-state index contributed by atoms with van der Waals surface area (Å²) in [5.41, 5.74) is 2.23. The Bertz CT molecular complexity index is 658. The highest BCUT2D eigenvalue weighted by atomic mass is 32.2. The van der Waals surface area contributed by atoms with E-state index in [2.05, 4.69) is 30.9 Å². The van der Waals surface area contributed by atoms with Gasteiger partial charge in [-0.3, -0.25) is 0 Å². The van der Waals surface area contributed by atoms with Crippen LogP contribution in [0.5, 0.6) is 0 Å². The van der Waals surface area contributed by atoms with Crippen LogP contribution in [-0.4, -0.2) is 20.2 Å². The summed E-state index contributed by atoms with van der Waals surface area (Å²) in [7, 11) is 0. The van der Waals surface area contributed by atoms with Crippen molar-refractivity contribution in [3.63, 3.8) is 0 Å². The second-order valence-electron chi connectivity index (χ2n) is 4.13. The predicted octanol–water partition coefficient (Wildman–Crippen LogP) is 4.65. The molecule has 3 rings (SSSR count). The van der Waals surface area contributed by atoms with Crippen LogP contribution in [0.25, 0.3) is 0 Å². The van der Waals surface area contributed by atoms with Crippen LogP contribution in [0.15, 0.2) is 19.4 Å². The van der Waals surface area contributed by atoms with E-state index in [4.69, 9.17) is 0 Å². The quantitative estimate of drug-likeness (QED) is 0.587. The third-order valence-corrected chi connectivity index (χ3v) is 7.31. The maximum atomic E-state index is 4.45. The van der Waals surface area contributed by atoms with E-state index in [-0.39, 0.29) is 0 Å². The summed E-state index contributed by atoms with van der Waals surface area (Å²) < 4.78 is 2.00. The minimum absolute atomic E-state index is 0.856. The zero-order valence-corrected chi connectivity index (χ0v) is 15.5. The Morgan fingerprint density at radius 1 is 0.857 bits per heavy atom. The molecule has 0 aliphatic heterocycles. The molecule has 0 amide bonds. The van der Waals surface area contributed by atoms with Gasteiger partial charge in [-0.15, -0.1) is 32.9 Å². The Hall–Kier alpha value is -0.480. The molecule has 0 spiro atoms. The van der Waals surface area contributed by atoms with Gasteiger partial charge < -0.3 is 0 Å². The molecule has 3 aromatic heterocycles. The van der Waals surface area contributed by atoms with Crippen LogP contribution in [0, 0.1) is 13.8 Å². The Balaban J connectivity index is 1.51. The van der Waals surface area contributed by atoms with Crippen LogP contribution < -0.4 is 0 Å². The second kappa shape index (κ2) is 7.19. The molecular formula is C12H12N4S5. The summed E-state index contributed by atoms with van der Waals surface area (Å²) in [5, 5.41) is 14.9. The minimum atomic E-state index is 0.856. The maximum absolute atomic E-state index is 4.45. The molecule has 0 saturated heterocycles. The van der Waals surface area contributed by atoms with Crippen LogP contribution in [0.3, 0.4) is 0 Å². The molecule has 0 saturated carbocycles. The lowest BCUT2D eigenvalue weighted by Gasteiger charge is -1.92. The molecule has 0 unspecified atom stereocenters. The SMILES string of the molecule is Cc1nc(CSc2nnc(SCc3csc(C)n3)s2)cs1. The molecule has 0 fully saturated rings. The predicted molar refractivity (Wildman–Crippen MR) is 92.7 cm³/mol. The Morgan fingerprint density at radius 3 is 1.71 bits per heavy atom. The number of aromatic nitrogens is 4.